The van der Waals surface area contributed by atoms with Gasteiger partial charge in [-0.2, -0.15) is 20.5 Å². The SMILES string of the molecule is Cc1ccccc1NC(=O)C(N=Nc1cc(S(N)(=O)=O)ccc1C(=O)O)C(C)O.Cc1ccccc1NC(=O)C(N=Nc1cc(S(N)(=O)=O)ccc1C(=O)O)C(C)O.[Cr].[Na+]. The smallest absolute Gasteiger partial charge is 0.478 e. The number of aliphatic hydroxyl groups excluding tert-OH is 2. The van der Waals surface area contributed by atoms with E-state index < -0.39 is 68.1 Å². The normalized spacial score (nSPS) is 13.3. The Balaban J connectivity index is 0.000000581. The largest absolute Gasteiger partial charge is 1.00 e. The number of aliphatic hydroxyl groups is 2. The van der Waals surface area contributed by atoms with Crippen molar-refractivity contribution in [2.75, 3.05) is 10.6 Å². The van der Waals surface area contributed by atoms with E-state index >= 15 is 0 Å². The molecule has 0 aliphatic heterocycles. The standard InChI is InChI=1S/2C18H20N4O6S.Cr.Na/c2*1-10-5-3-4-6-14(10)20-17(24)16(11(2)23)22-21-15-9-12(29(19,27)28)7-8-13(15)18(25)26;;/h2*3-9,11,16,23H,1-2H3,(H,20,24)(H,25,26)(H2,19,27,28);;/q;;;+1. The van der Waals surface area contributed by atoms with E-state index in [4.69, 9.17) is 10.3 Å². The Labute approximate surface area is 377 Å². The van der Waals surface area contributed by atoms with E-state index in [1.165, 1.54) is 13.8 Å². The van der Waals surface area contributed by atoms with Crippen LogP contribution in [0.5, 0.6) is 0 Å². The quantitative estimate of drug-likeness (QED) is 0.0638. The first-order valence-electron chi connectivity index (χ1n) is 16.7. The fourth-order valence-electron chi connectivity index (χ4n) is 4.73. The van der Waals surface area contributed by atoms with Gasteiger partial charge in [0.2, 0.25) is 20.0 Å². The van der Waals surface area contributed by atoms with Crippen LogP contribution in [0.15, 0.2) is 115 Å². The molecule has 0 bridgehead atoms. The van der Waals surface area contributed by atoms with Gasteiger partial charge in [0, 0.05) is 28.7 Å². The number of nitrogens with zero attached hydrogens (tertiary/aromatic N) is 4. The van der Waals surface area contributed by atoms with Gasteiger partial charge < -0.3 is 31.1 Å². The number of aryl methyl sites for hydroxylation is 2. The third-order valence-electron chi connectivity index (χ3n) is 7.89. The molecule has 60 heavy (non-hydrogen) atoms. The Bertz CT molecular complexity index is 2320. The molecule has 0 heterocycles. The fraction of sp³-hybridized carbons (Fsp3) is 0.222. The summed E-state index contributed by atoms with van der Waals surface area (Å²) >= 11 is 0. The second-order valence-electron chi connectivity index (χ2n) is 12.5. The summed E-state index contributed by atoms with van der Waals surface area (Å²) in [5, 5.41) is 68.6. The molecule has 0 aromatic heterocycles. The number of para-hydroxylation sites is 2. The minimum atomic E-state index is -4.11. The van der Waals surface area contributed by atoms with E-state index in [0.29, 0.717) is 11.4 Å². The molecular formula is C36H40CrN8NaO12S2+. The van der Waals surface area contributed by atoms with Gasteiger partial charge in [0.25, 0.3) is 11.8 Å². The maximum Gasteiger partial charge on any atom is 1.00 e. The molecule has 24 heteroatoms. The predicted molar refractivity (Wildman–Crippen MR) is 209 cm³/mol. The number of primary sulfonamides is 2. The molecule has 2 amide bonds. The summed E-state index contributed by atoms with van der Waals surface area (Å²) in [6.07, 6.45) is -2.50. The number of carboxylic acids is 2. The van der Waals surface area contributed by atoms with Crippen LogP contribution in [0, 0.1) is 13.8 Å². The minimum Gasteiger partial charge on any atom is -0.478 e. The number of carbonyl (C=O) groups excluding carboxylic acids is 2. The maximum atomic E-state index is 12.5. The number of amides is 2. The predicted octanol–water partition coefficient (Wildman–Crippen LogP) is 0.626. The maximum absolute atomic E-state index is 12.5. The Morgan fingerprint density at radius 1 is 0.600 bits per heavy atom. The number of anilines is 2. The number of sulfonamides is 2. The van der Waals surface area contributed by atoms with Gasteiger partial charge in [-0.1, -0.05) is 36.4 Å². The average molecular weight is 916 g/mol. The fourth-order valence-corrected chi connectivity index (χ4v) is 5.80. The molecule has 0 aliphatic carbocycles. The van der Waals surface area contributed by atoms with Gasteiger partial charge in [0.1, 0.15) is 11.4 Å². The first-order chi connectivity index (χ1) is 27.0. The Kier molecular flexibility index (Phi) is 20.7. The number of benzene rings is 4. The summed E-state index contributed by atoms with van der Waals surface area (Å²) in [5.74, 6) is -4.09. The minimum absolute atomic E-state index is 0. The van der Waals surface area contributed by atoms with Crippen molar-refractivity contribution >= 4 is 66.5 Å². The average Bonchev–Trinajstić information content (AvgIpc) is 3.12. The molecular weight excluding hydrogens is 876 g/mol. The van der Waals surface area contributed by atoms with Gasteiger partial charge in [-0.25, -0.2) is 36.7 Å². The zero-order chi connectivity index (χ0) is 43.5. The molecule has 4 unspecified atom stereocenters. The van der Waals surface area contributed by atoms with E-state index in [9.17, 15) is 56.4 Å². The van der Waals surface area contributed by atoms with E-state index in [-0.39, 0.29) is 79.2 Å². The van der Waals surface area contributed by atoms with Crippen molar-refractivity contribution in [2.45, 2.75) is 61.8 Å². The van der Waals surface area contributed by atoms with Gasteiger partial charge in [-0.3, -0.25) is 9.59 Å². The number of nitrogens with two attached hydrogens (primary N) is 2. The van der Waals surface area contributed by atoms with Gasteiger partial charge in [-0.05, 0) is 87.4 Å². The molecule has 0 spiro atoms. The van der Waals surface area contributed by atoms with Crippen LogP contribution in [-0.2, 0) is 47.0 Å². The van der Waals surface area contributed by atoms with Gasteiger partial charge >= 0.3 is 41.5 Å². The third kappa shape index (κ3) is 15.4. The monoisotopic (exact) mass is 915 g/mol. The van der Waals surface area contributed by atoms with Crippen LogP contribution in [0.25, 0.3) is 0 Å². The number of carbonyl (C=O) groups is 4. The first-order valence-corrected chi connectivity index (χ1v) is 19.8. The second kappa shape index (κ2) is 23.3. The van der Waals surface area contributed by atoms with Crippen LogP contribution in [0.4, 0.5) is 22.7 Å². The zero-order valence-electron chi connectivity index (χ0n) is 32.6. The molecule has 0 saturated heterocycles. The molecule has 20 nitrogen and oxygen atoms in total. The van der Waals surface area contributed by atoms with Gasteiger partial charge in [-0.15, -0.1) is 0 Å². The van der Waals surface area contributed by atoms with Crippen LogP contribution in [0.3, 0.4) is 0 Å². The first kappa shape index (κ1) is 53.3. The summed E-state index contributed by atoms with van der Waals surface area (Å²) in [7, 11) is -8.22. The number of nitrogens with one attached hydrogen (secondary N) is 2. The van der Waals surface area contributed by atoms with E-state index in [2.05, 4.69) is 31.1 Å². The van der Waals surface area contributed by atoms with Crippen molar-refractivity contribution < 1.29 is 103 Å². The van der Waals surface area contributed by atoms with Crippen LogP contribution in [0.2, 0.25) is 0 Å². The summed E-state index contributed by atoms with van der Waals surface area (Å²) in [4.78, 5) is 47.0. The Morgan fingerprint density at radius 2 is 0.917 bits per heavy atom. The van der Waals surface area contributed by atoms with E-state index in [1.54, 1.807) is 62.4 Å². The van der Waals surface area contributed by atoms with Crippen molar-refractivity contribution in [1.29, 1.82) is 0 Å². The Hall–Kier alpha value is -4.77. The van der Waals surface area contributed by atoms with Crippen molar-refractivity contribution in [3.05, 3.63) is 107 Å². The molecule has 4 rings (SSSR count). The number of hydrogen-bond donors (Lipinski definition) is 8. The van der Waals surface area contributed by atoms with Gasteiger partial charge in [0.05, 0.1) is 33.1 Å². The van der Waals surface area contributed by atoms with Crippen molar-refractivity contribution in [3.63, 3.8) is 0 Å². The zero-order valence-corrected chi connectivity index (χ0v) is 37.5. The molecule has 314 valence electrons. The summed E-state index contributed by atoms with van der Waals surface area (Å²) in [5.41, 5.74) is 1.28. The van der Waals surface area contributed by atoms with Crippen LogP contribution >= 0.6 is 0 Å². The molecule has 0 fully saturated rings. The molecule has 10 N–H and O–H groups in total. The van der Waals surface area contributed by atoms with E-state index in [0.717, 1.165) is 47.5 Å². The third-order valence-corrected chi connectivity index (χ3v) is 9.72. The molecule has 0 radical (unpaired) electrons. The van der Waals surface area contributed by atoms with Crippen LogP contribution in [0.1, 0.15) is 45.7 Å². The topological polar surface area (TPSA) is 343 Å². The number of aromatic carboxylic acids is 2. The molecule has 4 aromatic carbocycles. The summed E-state index contributed by atoms with van der Waals surface area (Å²) < 4.78 is 46.0. The molecule has 4 atom stereocenters. The molecule has 0 saturated carbocycles. The molecule has 4 aromatic rings. The Morgan fingerprint density at radius 3 is 1.18 bits per heavy atom. The van der Waals surface area contributed by atoms with Crippen LogP contribution in [-0.4, -0.2) is 85.3 Å². The number of carboxylic acid groups (broad SMARTS) is 2. The van der Waals surface area contributed by atoms with E-state index in [1.807, 2.05) is 0 Å². The molecule has 0 aliphatic rings. The van der Waals surface area contributed by atoms with Crippen molar-refractivity contribution in [1.82, 2.24) is 0 Å². The summed E-state index contributed by atoms with van der Waals surface area (Å²) in [6, 6.07) is 17.1. The number of rotatable bonds is 14. The second-order valence-corrected chi connectivity index (χ2v) is 15.6. The number of hydrogen-bond acceptors (Lipinski definition) is 14. The van der Waals surface area contributed by atoms with Crippen LogP contribution < -0.4 is 50.5 Å². The van der Waals surface area contributed by atoms with Crippen molar-refractivity contribution in [2.24, 2.45) is 30.7 Å². The number of azo groups is 2. The van der Waals surface area contributed by atoms with Crippen molar-refractivity contribution in [3.8, 4) is 0 Å². The summed E-state index contributed by atoms with van der Waals surface area (Å²) in [6.45, 7) is 6.21. The van der Waals surface area contributed by atoms with Gasteiger partial charge in [0.15, 0.2) is 12.1 Å².